The quantitative estimate of drug-likeness (QED) is 0.796. The third kappa shape index (κ3) is 2.72. The minimum Gasteiger partial charge on any atom is -0.375 e. The van der Waals surface area contributed by atoms with Gasteiger partial charge in [0.25, 0.3) is 5.91 Å². The third-order valence-electron chi connectivity index (χ3n) is 2.94. The van der Waals surface area contributed by atoms with E-state index in [9.17, 15) is 4.79 Å². The molecular formula is C12H16BrNO2S. The minimum absolute atomic E-state index is 0.117. The average Bonchev–Trinajstić information content (AvgIpc) is 2.62. The Bertz CT molecular complexity index is 413. The van der Waals surface area contributed by atoms with E-state index in [1.165, 1.54) is 11.3 Å². The molecule has 1 aromatic heterocycles. The zero-order valence-electron chi connectivity index (χ0n) is 10.2. The predicted octanol–water partition coefficient (Wildman–Crippen LogP) is 3.07. The maximum Gasteiger partial charge on any atom is 0.264 e. The zero-order valence-corrected chi connectivity index (χ0v) is 12.6. The SMILES string of the molecule is Cc1cc(C(=O)N2CC(C)OCC2C)sc1Br. The summed E-state index contributed by atoms with van der Waals surface area (Å²) in [6.07, 6.45) is 0.125. The van der Waals surface area contributed by atoms with Gasteiger partial charge in [0, 0.05) is 6.54 Å². The van der Waals surface area contributed by atoms with Gasteiger partial charge in [-0.3, -0.25) is 4.79 Å². The van der Waals surface area contributed by atoms with E-state index >= 15 is 0 Å². The van der Waals surface area contributed by atoms with Gasteiger partial charge in [0.1, 0.15) is 0 Å². The molecule has 2 heterocycles. The van der Waals surface area contributed by atoms with Crippen LogP contribution in [-0.2, 0) is 4.74 Å². The summed E-state index contributed by atoms with van der Waals surface area (Å²) >= 11 is 4.96. The molecule has 1 amide bonds. The zero-order chi connectivity index (χ0) is 12.6. The molecule has 1 aliphatic heterocycles. The number of amides is 1. The van der Waals surface area contributed by atoms with E-state index in [0.717, 1.165) is 14.2 Å². The van der Waals surface area contributed by atoms with E-state index in [1.54, 1.807) is 0 Å². The van der Waals surface area contributed by atoms with Gasteiger partial charge < -0.3 is 9.64 Å². The van der Waals surface area contributed by atoms with Gasteiger partial charge >= 0.3 is 0 Å². The molecule has 0 saturated carbocycles. The van der Waals surface area contributed by atoms with Crippen LogP contribution in [-0.4, -0.2) is 36.1 Å². The van der Waals surface area contributed by atoms with Crippen molar-refractivity contribution in [1.29, 1.82) is 0 Å². The second-order valence-electron chi connectivity index (χ2n) is 4.52. The lowest BCUT2D eigenvalue weighted by Gasteiger charge is -2.36. The lowest BCUT2D eigenvalue weighted by atomic mass is 10.2. The fraction of sp³-hybridized carbons (Fsp3) is 0.583. The Morgan fingerprint density at radius 3 is 2.88 bits per heavy atom. The normalized spacial score (nSPS) is 25.1. The van der Waals surface area contributed by atoms with Crippen LogP contribution in [0.2, 0.25) is 0 Å². The Morgan fingerprint density at radius 1 is 1.59 bits per heavy atom. The van der Waals surface area contributed by atoms with Gasteiger partial charge in [-0.2, -0.15) is 0 Å². The number of carbonyl (C=O) groups is 1. The van der Waals surface area contributed by atoms with Gasteiger partial charge in [-0.1, -0.05) is 0 Å². The molecule has 0 spiro atoms. The molecule has 1 aliphatic rings. The van der Waals surface area contributed by atoms with Crippen LogP contribution in [0.15, 0.2) is 9.85 Å². The van der Waals surface area contributed by atoms with Gasteiger partial charge in [0.2, 0.25) is 0 Å². The highest BCUT2D eigenvalue weighted by atomic mass is 79.9. The van der Waals surface area contributed by atoms with Crippen LogP contribution in [0.25, 0.3) is 0 Å². The summed E-state index contributed by atoms with van der Waals surface area (Å²) in [5.41, 5.74) is 1.12. The molecule has 1 aromatic rings. The van der Waals surface area contributed by atoms with Crippen LogP contribution in [0, 0.1) is 6.92 Å². The van der Waals surface area contributed by atoms with E-state index in [2.05, 4.69) is 15.9 Å². The molecule has 17 heavy (non-hydrogen) atoms. The summed E-state index contributed by atoms with van der Waals surface area (Å²) in [4.78, 5) is 15.1. The standard InChI is InChI=1S/C12H16BrNO2S/c1-7-4-10(17-11(7)13)12(15)14-5-9(3)16-6-8(14)2/h4,8-9H,5-6H2,1-3H3. The highest BCUT2D eigenvalue weighted by Gasteiger charge is 2.29. The van der Waals surface area contributed by atoms with Crippen LogP contribution in [0.4, 0.5) is 0 Å². The number of hydrogen-bond acceptors (Lipinski definition) is 3. The van der Waals surface area contributed by atoms with Crippen LogP contribution >= 0.6 is 27.3 Å². The topological polar surface area (TPSA) is 29.5 Å². The maximum atomic E-state index is 12.4. The van der Waals surface area contributed by atoms with Crippen molar-refractivity contribution >= 4 is 33.2 Å². The first kappa shape index (κ1) is 13.1. The molecule has 0 N–H and O–H groups in total. The molecule has 0 aliphatic carbocycles. The van der Waals surface area contributed by atoms with Crippen molar-refractivity contribution in [2.45, 2.75) is 32.9 Å². The summed E-state index contributed by atoms with van der Waals surface area (Å²) < 4.78 is 6.57. The molecule has 1 saturated heterocycles. The highest BCUT2D eigenvalue weighted by Crippen LogP contribution is 2.29. The molecule has 94 valence electrons. The molecule has 0 aromatic carbocycles. The second-order valence-corrected chi connectivity index (χ2v) is 6.89. The Hall–Kier alpha value is -0.390. The van der Waals surface area contributed by atoms with Crippen LogP contribution in [0.5, 0.6) is 0 Å². The number of ether oxygens (including phenoxy) is 1. The van der Waals surface area contributed by atoms with Gasteiger partial charge in [0.15, 0.2) is 0 Å². The number of halogens is 1. The molecular weight excluding hydrogens is 302 g/mol. The first-order valence-electron chi connectivity index (χ1n) is 5.67. The van der Waals surface area contributed by atoms with E-state index in [4.69, 9.17) is 4.74 Å². The fourth-order valence-corrected chi connectivity index (χ4v) is 3.38. The molecule has 2 atom stereocenters. The smallest absolute Gasteiger partial charge is 0.264 e. The van der Waals surface area contributed by atoms with E-state index < -0.39 is 0 Å². The summed E-state index contributed by atoms with van der Waals surface area (Å²) in [6.45, 7) is 7.33. The molecule has 1 fully saturated rings. The predicted molar refractivity (Wildman–Crippen MR) is 72.7 cm³/mol. The van der Waals surface area contributed by atoms with Gasteiger partial charge in [0.05, 0.1) is 27.4 Å². The lowest BCUT2D eigenvalue weighted by molar-refractivity contribution is -0.0385. The first-order valence-corrected chi connectivity index (χ1v) is 7.28. The van der Waals surface area contributed by atoms with Crippen LogP contribution in [0.3, 0.4) is 0 Å². The minimum atomic E-state index is 0.117. The van der Waals surface area contributed by atoms with Crippen molar-refractivity contribution in [3.8, 4) is 0 Å². The van der Waals surface area contributed by atoms with Gasteiger partial charge in [-0.15, -0.1) is 11.3 Å². The lowest BCUT2D eigenvalue weighted by Crippen LogP contribution is -2.50. The van der Waals surface area contributed by atoms with Crippen molar-refractivity contribution < 1.29 is 9.53 Å². The molecule has 0 radical (unpaired) electrons. The second kappa shape index (κ2) is 5.08. The molecule has 0 bridgehead atoms. The average molecular weight is 318 g/mol. The Kier molecular flexibility index (Phi) is 3.90. The third-order valence-corrected chi connectivity index (χ3v) is 5.06. The molecule has 2 rings (SSSR count). The molecule has 5 heteroatoms. The number of aryl methyl sites for hydroxylation is 1. The van der Waals surface area contributed by atoms with Crippen molar-refractivity contribution in [1.82, 2.24) is 4.90 Å². The highest BCUT2D eigenvalue weighted by molar-refractivity contribution is 9.11. The Morgan fingerprint density at radius 2 is 2.29 bits per heavy atom. The Labute approximate surface area is 114 Å². The van der Waals surface area contributed by atoms with Crippen molar-refractivity contribution in [2.24, 2.45) is 0 Å². The van der Waals surface area contributed by atoms with E-state index in [0.29, 0.717) is 13.2 Å². The van der Waals surface area contributed by atoms with Gasteiger partial charge in [-0.05, 0) is 48.3 Å². The van der Waals surface area contributed by atoms with E-state index in [1.807, 2.05) is 31.7 Å². The van der Waals surface area contributed by atoms with Crippen molar-refractivity contribution in [2.75, 3.05) is 13.2 Å². The monoisotopic (exact) mass is 317 g/mol. The molecule has 3 nitrogen and oxygen atoms in total. The summed E-state index contributed by atoms with van der Waals surface area (Å²) in [7, 11) is 0. The van der Waals surface area contributed by atoms with Crippen molar-refractivity contribution in [3.05, 3.63) is 20.3 Å². The number of carbonyl (C=O) groups excluding carboxylic acids is 1. The Balaban J connectivity index is 2.18. The fourth-order valence-electron chi connectivity index (χ4n) is 1.89. The first-order chi connectivity index (χ1) is 7.99. The van der Waals surface area contributed by atoms with E-state index in [-0.39, 0.29) is 18.1 Å². The number of hydrogen-bond donors (Lipinski definition) is 0. The van der Waals surface area contributed by atoms with Crippen molar-refractivity contribution in [3.63, 3.8) is 0 Å². The number of rotatable bonds is 1. The van der Waals surface area contributed by atoms with Crippen LogP contribution < -0.4 is 0 Å². The van der Waals surface area contributed by atoms with Crippen LogP contribution in [0.1, 0.15) is 29.1 Å². The number of thiophene rings is 1. The largest absolute Gasteiger partial charge is 0.375 e. The number of nitrogens with zero attached hydrogens (tertiary/aromatic N) is 1. The summed E-state index contributed by atoms with van der Waals surface area (Å²) in [5, 5.41) is 0. The molecule has 2 unspecified atom stereocenters. The number of morpholine rings is 1. The summed E-state index contributed by atoms with van der Waals surface area (Å²) in [6, 6.07) is 2.10. The maximum absolute atomic E-state index is 12.4. The van der Waals surface area contributed by atoms with Gasteiger partial charge in [-0.25, -0.2) is 0 Å². The summed E-state index contributed by atoms with van der Waals surface area (Å²) in [5.74, 6) is 0.117.